The van der Waals surface area contributed by atoms with E-state index in [1.807, 2.05) is 12.1 Å². The van der Waals surface area contributed by atoms with E-state index in [1.54, 1.807) is 30.3 Å². The van der Waals surface area contributed by atoms with E-state index in [1.165, 1.54) is 24.3 Å². The Morgan fingerprint density at radius 1 is 1.00 bits per heavy atom. The van der Waals surface area contributed by atoms with Gasteiger partial charge in [0.05, 0.1) is 17.6 Å². The number of amides is 2. The van der Waals surface area contributed by atoms with Crippen molar-refractivity contribution in [2.24, 2.45) is 0 Å². The molecule has 1 aliphatic rings. The molecule has 1 fully saturated rings. The molecule has 0 spiro atoms. The predicted octanol–water partition coefficient (Wildman–Crippen LogP) is 6.59. The lowest BCUT2D eigenvalue weighted by atomic mass is 10.0. The fourth-order valence-electron chi connectivity index (χ4n) is 3.58. The molecule has 35 heavy (non-hydrogen) atoms. The topological polar surface area (TPSA) is 72.4 Å². The molecule has 0 atom stereocenters. The van der Waals surface area contributed by atoms with Crippen LogP contribution in [0.3, 0.4) is 0 Å². The lowest BCUT2D eigenvalue weighted by Gasteiger charge is -2.13. The second kappa shape index (κ2) is 9.44. The van der Waals surface area contributed by atoms with Crippen molar-refractivity contribution >= 4 is 51.4 Å². The van der Waals surface area contributed by atoms with Gasteiger partial charge in [-0.25, -0.2) is 9.37 Å². The van der Waals surface area contributed by atoms with Gasteiger partial charge in [0.25, 0.3) is 17.0 Å². The van der Waals surface area contributed by atoms with Crippen LogP contribution in [0.15, 0.2) is 71.8 Å². The lowest BCUT2D eigenvalue weighted by Crippen LogP contribution is -2.27. The number of thioether (sulfide) groups is 1. The summed E-state index contributed by atoms with van der Waals surface area (Å²) in [5, 5.41) is 0.808. The summed E-state index contributed by atoms with van der Waals surface area (Å²) in [4.78, 5) is 34.2. The predicted molar refractivity (Wildman–Crippen MR) is 129 cm³/mol. The third-order valence-corrected chi connectivity index (χ3v) is 6.34. The van der Waals surface area contributed by atoms with E-state index in [0.717, 1.165) is 28.2 Å². The van der Waals surface area contributed by atoms with E-state index in [2.05, 4.69) is 9.97 Å². The highest BCUT2D eigenvalue weighted by Crippen LogP contribution is 2.39. The number of rotatable bonds is 5. The van der Waals surface area contributed by atoms with E-state index >= 15 is 0 Å². The van der Waals surface area contributed by atoms with Crippen molar-refractivity contribution in [3.63, 3.8) is 0 Å². The minimum Gasteiger partial charge on any atom is -0.436 e. The Labute approximate surface area is 207 Å². The van der Waals surface area contributed by atoms with Gasteiger partial charge < -0.3 is 4.74 Å². The van der Waals surface area contributed by atoms with E-state index in [0.29, 0.717) is 10.9 Å². The first-order valence-electron chi connectivity index (χ1n) is 10.3. The lowest BCUT2D eigenvalue weighted by molar-refractivity contribution is -0.123. The molecule has 1 aliphatic heterocycles. The zero-order valence-corrected chi connectivity index (χ0v) is 19.3. The highest BCUT2D eigenvalue weighted by molar-refractivity contribution is 8.18. The fourth-order valence-corrected chi connectivity index (χ4v) is 4.53. The van der Waals surface area contributed by atoms with Crippen molar-refractivity contribution in [3.05, 3.63) is 99.8 Å². The number of fused-ring (bicyclic) bond motifs is 1. The molecule has 5 rings (SSSR count). The Morgan fingerprint density at radius 2 is 1.77 bits per heavy atom. The third kappa shape index (κ3) is 4.60. The van der Waals surface area contributed by atoms with Crippen LogP contribution < -0.4 is 4.74 Å². The summed E-state index contributed by atoms with van der Waals surface area (Å²) in [7, 11) is 0. The molecule has 0 bridgehead atoms. The van der Waals surface area contributed by atoms with E-state index < -0.39 is 22.8 Å². The number of imide groups is 1. The number of benzene rings is 3. The first kappa shape index (κ1) is 22.9. The molecular weight excluding hydrogens is 496 g/mol. The number of nitrogens with zero attached hydrogens (tertiary/aromatic N) is 3. The quantitative estimate of drug-likeness (QED) is 0.223. The first-order valence-corrected chi connectivity index (χ1v) is 11.5. The van der Waals surface area contributed by atoms with Crippen molar-refractivity contribution in [2.45, 2.75) is 6.54 Å². The zero-order valence-electron chi connectivity index (χ0n) is 17.7. The smallest absolute Gasteiger partial charge is 0.293 e. The molecule has 4 aromatic rings. The van der Waals surface area contributed by atoms with Gasteiger partial charge in [-0.2, -0.15) is 9.37 Å². The summed E-state index contributed by atoms with van der Waals surface area (Å²) in [5.41, 5.74) is 0.662. The number of ether oxygens (including phenoxy) is 1. The van der Waals surface area contributed by atoms with Crippen LogP contribution in [0.25, 0.3) is 16.8 Å². The van der Waals surface area contributed by atoms with Crippen molar-refractivity contribution in [1.82, 2.24) is 14.9 Å². The van der Waals surface area contributed by atoms with Crippen LogP contribution in [0.2, 0.25) is 5.28 Å². The Kier molecular flexibility index (Phi) is 6.19. The summed E-state index contributed by atoms with van der Waals surface area (Å²) in [6.07, 6.45) is 2.39. The summed E-state index contributed by atoms with van der Waals surface area (Å²) in [6.45, 7) is -0.196. The molecule has 1 saturated heterocycles. The molecular formula is C25H14ClF2N3O3S. The number of halogens is 3. The second-order valence-electron chi connectivity index (χ2n) is 7.45. The van der Waals surface area contributed by atoms with Gasteiger partial charge in [0.15, 0.2) is 0 Å². The average Bonchev–Trinajstić information content (AvgIpc) is 3.11. The zero-order chi connectivity index (χ0) is 24.5. The third-order valence-electron chi connectivity index (χ3n) is 5.26. The number of carbonyl (C=O) groups excluding carboxylic acids is 2. The van der Waals surface area contributed by atoms with Gasteiger partial charge in [0.1, 0.15) is 11.6 Å². The van der Waals surface area contributed by atoms with Crippen molar-refractivity contribution in [2.75, 3.05) is 0 Å². The monoisotopic (exact) mass is 509 g/mol. The molecule has 2 amide bonds. The van der Waals surface area contributed by atoms with Gasteiger partial charge in [-0.15, -0.1) is 0 Å². The summed E-state index contributed by atoms with van der Waals surface area (Å²) >= 11 is 6.52. The van der Waals surface area contributed by atoms with Crippen molar-refractivity contribution < 1.29 is 23.1 Å². The molecule has 0 unspecified atom stereocenters. The second-order valence-corrected chi connectivity index (χ2v) is 8.78. The Morgan fingerprint density at radius 3 is 2.60 bits per heavy atom. The maximum Gasteiger partial charge on any atom is 0.293 e. The molecule has 0 radical (unpaired) electrons. The molecule has 174 valence electrons. The highest BCUT2D eigenvalue weighted by atomic mass is 35.5. The number of hydrogen-bond donors (Lipinski definition) is 0. The first-order chi connectivity index (χ1) is 16.9. The summed E-state index contributed by atoms with van der Waals surface area (Å²) < 4.78 is 34.1. The normalized spacial score (nSPS) is 14.8. The maximum atomic E-state index is 14.2. The molecule has 1 aromatic heterocycles. The van der Waals surface area contributed by atoms with Gasteiger partial charge in [-0.05, 0) is 52.3 Å². The molecule has 6 nitrogen and oxygen atoms in total. The van der Waals surface area contributed by atoms with Crippen LogP contribution in [0.4, 0.5) is 13.6 Å². The maximum absolute atomic E-state index is 14.2. The van der Waals surface area contributed by atoms with Crippen LogP contribution in [-0.4, -0.2) is 26.0 Å². The molecule has 2 heterocycles. The van der Waals surface area contributed by atoms with Crippen molar-refractivity contribution in [1.29, 1.82) is 0 Å². The van der Waals surface area contributed by atoms with Crippen LogP contribution in [-0.2, 0) is 11.3 Å². The minimum atomic E-state index is -0.821. The largest absolute Gasteiger partial charge is 0.436 e. The SMILES string of the molecule is O=C1S/C(=C/c2c(Oc3nc(Cl)ncc3F)ccc3ccccc23)C(=O)N1Cc1ccccc1F. The standard InChI is InChI=1S/C25H14ClF2N3O3S/c26-24-29-12-19(28)22(30-24)34-20-10-9-14-5-1-3-7-16(14)17(20)11-21-23(32)31(25(33)35-21)13-15-6-2-4-8-18(15)27/h1-12H,13H2/b21-11+. The Bertz CT molecular complexity index is 1530. The van der Waals surface area contributed by atoms with E-state index in [9.17, 15) is 18.4 Å². The highest BCUT2D eigenvalue weighted by Gasteiger charge is 2.35. The van der Waals surface area contributed by atoms with Crippen LogP contribution in [0.5, 0.6) is 11.6 Å². The number of carbonyl (C=O) groups is 2. The minimum absolute atomic E-state index is 0.119. The van der Waals surface area contributed by atoms with Crippen LogP contribution in [0, 0.1) is 11.6 Å². The van der Waals surface area contributed by atoms with Gasteiger partial charge in [-0.1, -0.05) is 48.5 Å². The van der Waals surface area contributed by atoms with E-state index in [-0.39, 0.29) is 33.9 Å². The van der Waals surface area contributed by atoms with Gasteiger partial charge in [0.2, 0.25) is 11.1 Å². The number of aromatic nitrogens is 2. The van der Waals surface area contributed by atoms with Crippen molar-refractivity contribution in [3.8, 4) is 11.6 Å². The Balaban J connectivity index is 1.56. The van der Waals surface area contributed by atoms with Gasteiger partial charge >= 0.3 is 0 Å². The Hall–Kier alpha value is -3.82. The van der Waals surface area contributed by atoms with Gasteiger partial charge in [-0.3, -0.25) is 14.5 Å². The molecule has 0 aliphatic carbocycles. The summed E-state index contributed by atoms with van der Waals surface area (Å²) in [5.74, 6) is -2.09. The molecule has 10 heteroatoms. The number of hydrogen-bond acceptors (Lipinski definition) is 6. The summed E-state index contributed by atoms with van der Waals surface area (Å²) in [6, 6.07) is 16.6. The van der Waals surface area contributed by atoms with Crippen LogP contribution in [0.1, 0.15) is 11.1 Å². The van der Waals surface area contributed by atoms with Crippen LogP contribution >= 0.6 is 23.4 Å². The van der Waals surface area contributed by atoms with Gasteiger partial charge in [0, 0.05) is 11.1 Å². The fraction of sp³-hybridized carbons (Fsp3) is 0.0400. The van der Waals surface area contributed by atoms with E-state index in [4.69, 9.17) is 16.3 Å². The molecule has 3 aromatic carbocycles. The molecule has 0 saturated carbocycles. The average molecular weight is 510 g/mol. The molecule has 0 N–H and O–H groups in total.